The molecule has 0 amide bonds. The number of alkyl halides is 10. The zero-order valence-corrected chi connectivity index (χ0v) is 7.25. The predicted octanol–water partition coefficient (Wildman–Crippen LogP) is 3.29. The van der Waals surface area contributed by atoms with Crippen molar-refractivity contribution in [2.45, 2.75) is 31.4 Å². The fourth-order valence-electron chi connectivity index (χ4n) is 0.444. The third-order valence-electron chi connectivity index (χ3n) is 1.02. The monoisotopic (exact) mass is 284 g/mol. The van der Waals surface area contributed by atoms with Crippen molar-refractivity contribution in [1.82, 2.24) is 0 Å². The van der Waals surface area contributed by atoms with Crippen molar-refractivity contribution in [1.29, 1.82) is 0 Å². The van der Waals surface area contributed by atoms with Crippen LogP contribution in [0.4, 0.5) is 43.9 Å². The Morgan fingerprint density at radius 2 is 1.06 bits per heavy atom. The molecule has 2 nitrogen and oxygen atoms in total. The molecule has 0 rings (SSSR count). The summed E-state index contributed by atoms with van der Waals surface area (Å²) >= 11 is 0. The SMILES string of the molecule is FC(OC(F)(F)C(F)OC(F)(F)F)C(F)(F)F. The van der Waals surface area contributed by atoms with Crippen molar-refractivity contribution in [3.8, 4) is 0 Å². The first-order valence-electron chi connectivity index (χ1n) is 3.41. The number of halogens is 10. The highest BCUT2D eigenvalue weighted by molar-refractivity contribution is 4.63. The average molecular weight is 284 g/mol. The van der Waals surface area contributed by atoms with Gasteiger partial charge in [0.2, 0.25) is 0 Å². The van der Waals surface area contributed by atoms with Crippen LogP contribution < -0.4 is 0 Å². The second-order valence-corrected chi connectivity index (χ2v) is 2.42. The third-order valence-corrected chi connectivity index (χ3v) is 1.02. The van der Waals surface area contributed by atoms with Gasteiger partial charge in [0.15, 0.2) is 0 Å². The Labute approximate surface area is 86.1 Å². The molecule has 0 fully saturated rings. The molecule has 0 spiro atoms. The highest BCUT2D eigenvalue weighted by atomic mass is 19.4. The van der Waals surface area contributed by atoms with Gasteiger partial charge in [-0.25, -0.2) is 13.5 Å². The quantitative estimate of drug-likeness (QED) is 0.737. The molecule has 0 aromatic heterocycles. The molecule has 2 atom stereocenters. The molecule has 0 radical (unpaired) electrons. The van der Waals surface area contributed by atoms with E-state index in [1.807, 2.05) is 4.74 Å². The minimum atomic E-state index is -5.94. The summed E-state index contributed by atoms with van der Waals surface area (Å²) in [6.45, 7) is 0. The molecule has 0 saturated carbocycles. The lowest BCUT2D eigenvalue weighted by Crippen LogP contribution is -2.43. The molecule has 0 saturated heterocycles. The summed E-state index contributed by atoms with van der Waals surface area (Å²) < 4.78 is 120. The van der Waals surface area contributed by atoms with Crippen LogP contribution in [0, 0.1) is 0 Å². The van der Waals surface area contributed by atoms with Crippen LogP contribution in [0.1, 0.15) is 0 Å². The van der Waals surface area contributed by atoms with Crippen molar-refractivity contribution in [2.24, 2.45) is 0 Å². The maximum Gasteiger partial charge on any atom is 0.525 e. The molecule has 0 aliphatic rings. The first-order valence-corrected chi connectivity index (χ1v) is 3.41. The van der Waals surface area contributed by atoms with Crippen molar-refractivity contribution in [3.05, 3.63) is 0 Å². The van der Waals surface area contributed by atoms with E-state index in [-0.39, 0.29) is 0 Å². The van der Waals surface area contributed by atoms with E-state index in [1.165, 1.54) is 0 Å². The summed E-state index contributed by atoms with van der Waals surface area (Å²) in [4.78, 5) is 0. The molecule has 12 heteroatoms. The van der Waals surface area contributed by atoms with Gasteiger partial charge in [-0.1, -0.05) is 0 Å². The maximum absolute atomic E-state index is 12.2. The Balaban J connectivity index is 4.57. The topological polar surface area (TPSA) is 18.5 Å². The molecule has 0 heterocycles. The van der Waals surface area contributed by atoms with E-state index in [2.05, 4.69) is 4.74 Å². The van der Waals surface area contributed by atoms with Gasteiger partial charge in [-0.15, -0.1) is 13.2 Å². The second kappa shape index (κ2) is 4.84. The molecule has 0 bridgehead atoms. The largest absolute Gasteiger partial charge is 0.525 e. The van der Waals surface area contributed by atoms with Gasteiger partial charge in [0.05, 0.1) is 0 Å². The summed E-state index contributed by atoms with van der Waals surface area (Å²) in [5.74, 6) is 0. The maximum atomic E-state index is 12.2. The highest BCUT2D eigenvalue weighted by Crippen LogP contribution is 2.35. The zero-order chi connectivity index (χ0) is 14.1. The molecule has 104 valence electrons. The van der Waals surface area contributed by atoms with Crippen LogP contribution in [-0.2, 0) is 9.47 Å². The summed E-state index contributed by atoms with van der Waals surface area (Å²) in [7, 11) is 0. The van der Waals surface area contributed by atoms with E-state index in [0.717, 1.165) is 0 Å². The third kappa shape index (κ3) is 5.91. The normalized spacial score (nSPS) is 18.0. The lowest BCUT2D eigenvalue weighted by atomic mass is 10.6. The fourth-order valence-corrected chi connectivity index (χ4v) is 0.444. The fraction of sp³-hybridized carbons (Fsp3) is 1.00. The smallest absolute Gasteiger partial charge is 0.273 e. The van der Waals surface area contributed by atoms with E-state index < -0.39 is 31.4 Å². The van der Waals surface area contributed by atoms with E-state index >= 15 is 0 Å². The minimum Gasteiger partial charge on any atom is -0.273 e. The van der Waals surface area contributed by atoms with E-state index in [9.17, 15) is 43.9 Å². The van der Waals surface area contributed by atoms with Gasteiger partial charge in [0.25, 0.3) is 12.7 Å². The first-order chi connectivity index (χ1) is 7.26. The molecule has 2 unspecified atom stereocenters. The van der Waals surface area contributed by atoms with Crippen LogP contribution >= 0.6 is 0 Å². The zero-order valence-electron chi connectivity index (χ0n) is 7.25. The lowest BCUT2D eigenvalue weighted by Gasteiger charge is -2.23. The minimum absolute atomic E-state index is 2.04. The van der Waals surface area contributed by atoms with Crippen molar-refractivity contribution >= 4 is 0 Å². The lowest BCUT2D eigenvalue weighted by molar-refractivity contribution is -0.447. The first kappa shape index (κ1) is 16.2. The molecular formula is C5H2F10O2. The summed E-state index contributed by atoms with van der Waals surface area (Å²) in [5, 5.41) is 0. The average Bonchev–Trinajstić information content (AvgIpc) is 1.97. The Morgan fingerprint density at radius 3 is 1.35 bits per heavy atom. The molecule has 0 N–H and O–H groups in total. The van der Waals surface area contributed by atoms with Gasteiger partial charge in [0, 0.05) is 0 Å². The highest BCUT2D eigenvalue weighted by Gasteiger charge is 2.55. The molecule has 0 aromatic rings. The van der Waals surface area contributed by atoms with Gasteiger partial charge < -0.3 is 0 Å². The van der Waals surface area contributed by atoms with E-state index in [0.29, 0.717) is 0 Å². The summed E-state index contributed by atoms with van der Waals surface area (Å²) in [6.07, 6.45) is -26.9. The summed E-state index contributed by atoms with van der Waals surface area (Å²) in [6, 6.07) is 0. The van der Waals surface area contributed by atoms with Crippen molar-refractivity contribution in [2.75, 3.05) is 0 Å². The van der Waals surface area contributed by atoms with Crippen molar-refractivity contribution < 1.29 is 53.4 Å². The number of rotatable bonds is 4. The van der Waals surface area contributed by atoms with Gasteiger partial charge in [-0.3, -0.25) is 4.74 Å². The molecule has 0 aliphatic carbocycles. The molecular weight excluding hydrogens is 282 g/mol. The van der Waals surface area contributed by atoms with Crippen LogP contribution in [-0.4, -0.2) is 31.4 Å². The molecule has 0 aliphatic heterocycles. The van der Waals surface area contributed by atoms with Crippen LogP contribution in [0.5, 0.6) is 0 Å². The Kier molecular flexibility index (Phi) is 4.62. The van der Waals surface area contributed by atoms with Gasteiger partial charge >= 0.3 is 18.6 Å². The number of hydrogen-bond acceptors (Lipinski definition) is 2. The summed E-state index contributed by atoms with van der Waals surface area (Å²) in [5.41, 5.74) is 0. The number of ether oxygens (including phenoxy) is 2. The Hall–Kier alpha value is -0.780. The predicted molar refractivity (Wildman–Crippen MR) is 29.0 cm³/mol. The van der Waals surface area contributed by atoms with E-state index in [4.69, 9.17) is 0 Å². The van der Waals surface area contributed by atoms with E-state index in [1.54, 1.807) is 0 Å². The standard InChI is InChI=1S/C5H2F10O2/c6-1(3(8,9)10)16-4(11,12)2(7)17-5(13,14)15/h1-2H. The number of hydrogen-bond donors (Lipinski definition) is 0. The second-order valence-electron chi connectivity index (χ2n) is 2.42. The van der Waals surface area contributed by atoms with Gasteiger partial charge in [-0.2, -0.15) is 22.0 Å². The van der Waals surface area contributed by atoms with Gasteiger partial charge in [-0.05, 0) is 0 Å². The van der Waals surface area contributed by atoms with Crippen LogP contribution in [0.15, 0.2) is 0 Å². The Bertz CT molecular complexity index is 244. The molecule has 0 aromatic carbocycles. The van der Waals surface area contributed by atoms with Crippen LogP contribution in [0.25, 0.3) is 0 Å². The van der Waals surface area contributed by atoms with Gasteiger partial charge in [0.1, 0.15) is 0 Å². The molecule has 17 heavy (non-hydrogen) atoms. The Morgan fingerprint density at radius 1 is 0.647 bits per heavy atom. The van der Waals surface area contributed by atoms with Crippen LogP contribution in [0.2, 0.25) is 0 Å². The van der Waals surface area contributed by atoms with Crippen molar-refractivity contribution in [3.63, 3.8) is 0 Å². The van der Waals surface area contributed by atoms with Crippen LogP contribution in [0.3, 0.4) is 0 Å².